The monoisotopic (exact) mass is 414 g/mol. The van der Waals surface area contributed by atoms with Crippen molar-refractivity contribution in [2.75, 3.05) is 0 Å². The van der Waals surface area contributed by atoms with Crippen molar-refractivity contribution in [3.63, 3.8) is 0 Å². The smallest absolute Gasteiger partial charge is 0.252 e. The summed E-state index contributed by atoms with van der Waals surface area (Å²) in [6.45, 7) is 5.88. The molecule has 31 heavy (non-hydrogen) atoms. The van der Waals surface area contributed by atoms with Gasteiger partial charge in [0.05, 0.1) is 34.1 Å². The number of para-hydroxylation sites is 1. The van der Waals surface area contributed by atoms with Crippen LogP contribution in [0.4, 0.5) is 0 Å². The van der Waals surface area contributed by atoms with Gasteiger partial charge in [0.25, 0.3) is 5.91 Å². The number of aryl methyl sites for hydroxylation is 3. The first kappa shape index (κ1) is 19.5. The van der Waals surface area contributed by atoms with Crippen molar-refractivity contribution in [3.05, 3.63) is 70.8 Å². The van der Waals surface area contributed by atoms with Gasteiger partial charge in [0.2, 0.25) is 0 Å². The Kier molecular flexibility index (Phi) is 4.61. The third kappa shape index (κ3) is 3.50. The summed E-state index contributed by atoms with van der Waals surface area (Å²) in [5.41, 5.74) is 6.02. The Labute approximate surface area is 181 Å². The number of benzene rings is 1. The summed E-state index contributed by atoms with van der Waals surface area (Å²) in [6.07, 6.45) is 4.18. The van der Waals surface area contributed by atoms with Gasteiger partial charge >= 0.3 is 0 Å². The Bertz CT molecular complexity index is 1280. The third-order valence-electron chi connectivity index (χ3n) is 5.94. The number of nitrogens with one attached hydrogen (secondary N) is 1. The highest BCUT2D eigenvalue weighted by Gasteiger charge is 2.29. The molecule has 3 aromatic heterocycles. The number of fused-ring (bicyclic) bond motifs is 1. The van der Waals surface area contributed by atoms with Gasteiger partial charge in [-0.15, -0.1) is 0 Å². The minimum Gasteiger partial charge on any atom is -0.345 e. The summed E-state index contributed by atoms with van der Waals surface area (Å²) in [4.78, 5) is 18.4. The summed E-state index contributed by atoms with van der Waals surface area (Å²) in [6, 6.07) is 11.8. The van der Waals surface area contributed by atoms with Crippen molar-refractivity contribution in [1.29, 1.82) is 0 Å². The zero-order valence-electron chi connectivity index (χ0n) is 18.3. The van der Waals surface area contributed by atoms with E-state index in [1.165, 1.54) is 0 Å². The molecule has 1 aliphatic carbocycles. The van der Waals surface area contributed by atoms with Gasteiger partial charge < -0.3 is 5.32 Å². The first-order valence-electron chi connectivity index (χ1n) is 10.7. The largest absolute Gasteiger partial charge is 0.345 e. The van der Waals surface area contributed by atoms with Gasteiger partial charge in [0.15, 0.2) is 5.65 Å². The number of pyridine rings is 1. The van der Waals surface area contributed by atoms with E-state index >= 15 is 0 Å². The fourth-order valence-corrected chi connectivity index (χ4v) is 4.22. The third-order valence-corrected chi connectivity index (χ3v) is 5.94. The molecule has 0 saturated heterocycles. The van der Waals surface area contributed by atoms with Gasteiger partial charge in [0.1, 0.15) is 0 Å². The summed E-state index contributed by atoms with van der Waals surface area (Å²) in [7, 11) is 1.89. The summed E-state index contributed by atoms with van der Waals surface area (Å²) >= 11 is 0. The molecule has 7 nitrogen and oxygen atoms in total. The number of hydrogen-bond donors (Lipinski definition) is 1. The fourth-order valence-electron chi connectivity index (χ4n) is 4.22. The van der Waals surface area contributed by atoms with Crippen LogP contribution in [0.25, 0.3) is 16.7 Å². The molecule has 1 fully saturated rings. The minimum atomic E-state index is -0.154. The van der Waals surface area contributed by atoms with Gasteiger partial charge in [-0.2, -0.15) is 10.2 Å². The van der Waals surface area contributed by atoms with E-state index in [9.17, 15) is 4.79 Å². The van der Waals surface area contributed by atoms with Crippen LogP contribution in [0.1, 0.15) is 64.7 Å². The highest BCUT2D eigenvalue weighted by molar-refractivity contribution is 6.07. The lowest BCUT2D eigenvalue weighted by Gasteiger charge is -2.15. The Hall–Kier alpha value is -3.48. The molecular weight excluding hydrogens is 388 g/mol. The molecule has 4 aromatic rings. The van der Waals surface area contributed by atoms with Gasteiger partial charge in [0, 0.05) is 30.4 Å². The zero-order valence-corrected chi connectivity index (χ0v) is 18.3. The maximum Gasteiger partial charge on any atom is 0.252 e. The highest BCUT2D eigenvalue weighted by Crippen LogP contribution is 2.40. The van der Waals surface area contributed by atoms with E-state index in [1.54, 1.807) is 4.68 Å². The lowest BCUT2D eigenvalue weighted by Crippen LogP contribution is -2.27. The topological polar surface area (TPSA) is 77.6 Å². The maximum atomic E-state index is 13.5. The van der Waals surface area contributed by atoms with E-state index in [1.807, 2.05) is 75.1 Å². The van der Waals surface area contributed by atoms with Gasteiger partial charge in [-0.1, -0.05) is 18.2 Å². The average molecular weight is 415 g/mol. The molecule has 158 valence electrons. The molecule has 7 heteroatoms. The number of nitrogens with zero attached hydrogens (tertiary/aromatic N) is 5. The van der Waals surface area contributed by atoms with Crippen molar-refractivity contribution in [2.45, 2.75) is 45.6 Å². The number of carbonyl (C=O) groups excluding carboxylic acids is 1. The number of carbonyl (C=O) groups is 1. The van der Waals surface area contributed by atoms with E-state index in [2.05, 4.69) is 10.4 Å². The van der Waals surface area contributed by atoms with Crippen molar-refractivity contribution in [1.82, 2.24) is 29.9 Å². The van der Waals surface area contributed by atoms with E-state index < -0.39 is 0 Å². The van der Waals surface area contributed by atoms with Crippen molar-refractivity contribution >= 4 is 16.9 Å². The van der Waals surface area contributed by atoms with Crippen LogP contribution in [0.5, 0.6) is 0 Å². The van der Waals surface area contributed by atoms with Crippen LogP contribution in [-0.2, 0) is 7.05 Å². The summed E-state index contributed by atoms with van der Waals surface area (Å²) < 4.78 is 3.62. The molecule has 3 heterocycles. The van der Waals surface area contributed by atoms with Crippen LogP contribution < -0.4 is 5.32 Å². The number of aromatic nitrogens is 5. The van der Waals surface area contributed by atoms with E-state index in [0.717, 1.165) is 52.2 Å². The van der Waals surface area contributed by atoms with Crippen LogP contribution in [0, 0.1) is 13.8 Å². The number of amides is 1. The average Bonchev–Trinajstić information content (AvgIpc) is 3.48. The molecule has 1 unspecified atom stereocenters. The van der Waals surface area contributed by atoms with Gasteiger partial charge in [-0.25, -0.2) is 9.67 Å². The van der Waals surface area contributed by atoms with Crippen molar-refractivity contribution < 1.29 is 4.79 Å². The second kappa shape index (κ2) is 7.34. The molecule has 1 atom stereocenters. The Balaban J connectivity index is 1.60. The lowest BCUT2D eigenvalue weighted by molar-refractivity contribution is 0.0941. The van der Waals surface area contributed by atoms with E-state index in [4.69, 9.17) is 10.1 Å². The van der Waals surface area contributed by atoms with E-state index in [0.29, 0.717) is 11.5 Å². The Morgan fingerprint density at radius 1 is 1.13 bits per heavy atom. The molecule has 0 bridgehead atoms. The normalized spacial score (nSPS) is 14.7. The number of rotatable bonds is 5. The van der Waals surface area contributed by atoms with E-state index in [-0.39, 0.29) is 11.9 Å². The van der Waals surface area contributed by atoms with Gasteiger partial charge in [-0.3, -0.25) is 9.48 Å². The first-order valence-corrected chi connectivity index (χ1v) is 10.7. The second-order valence-corrected chi connectivity index (χ2v) is 8.44. The predicted molar refractivity (Wildman–Crippen MR) is 119 cm³/mol. The highest BCUT2D eigenvalue weighted by atomic mass is 16.1. The molecule has 1 aliphatic rings. The second-order valence-electron chi connectivity index (χ2n) is 8.44. The first-order chi connectivity index (χ1) is 14.9. The Morgan fingerprint density at radius 2 is 1.87 bits per heavy atom. The zero-order chi connectivity index (χ0) is 21.7. The molecule has 0 spiro atoms. The molecule has 5 rings (SSSR count). The van der Waals surface area contributed by atoms with Crippen LogP contribution in [0.3, 0.4) is 0 Å². The SMILES string of the molecule is Cc1nn(C)cc1C(C)NC(=O)c1cc(C2CC2)nc2c1c(C)nn2-c1ccccc1. The van der Waals surface area contributed by atoms with Crippen molar-refractivity contribution in [2.24, 2.45) is 7.05 Å². The Morgan fingerprint density at radius 3 is 2.52 bits per heavy atom. The van der Waals surface area contributed by atoms with Crippen LogP contribution in [0.2, 0.25) is 0 Å². The number of hydrogen-bond acceptors (Lipinski definition) is 4. The molecule has 0 radical (unpaired) electrons. The maximum absolute atomic E-state index is 13.5. The standard InChI is InChI=1S/C24H26N6O/c1-14(20-13-29(4)27-15(20)2)25-24(31)19-12-21(17-10-11-17)26-23-22(19)16(3)28-30(23)18-8-6-5-7-9-18/h5-9,12-14,17H,10-11H2,1-4H3,(H,25,31). The van der Waals surface area contributed by atoms with Crippen LogP contribution in [-0.4, -0.2) is 30.5 Å². The van der Waals surface area contributed by atoms with Gasteiger partial charge in [-0.05, 0) is 51.8 Å². The molecule has 0 aliphatic heterocycles. The summed E-state index contributed by atoms with van der Waals surface area (Å²) in [5, 5.41) is 13.1. The fraction of sp³-hybridized carbons (Fsp3) is 0.333. The predicted octanol–water partition coefficient (Wildman–Crippen LogP) is 4.14. The quantitative estimate of drug-likeness (QED) is 0.532. The van der Waals surface area contributed by atoms with Crippen molar-refractivity contribution in [3.8, 4) is 5.69 Å². The molecule has 1 amide bonds. The van der Waals surface area contributed by atoms with Crippen LogP contribution >= 0.6 is 0 Å². The van der Waals surface area contributed by atoms with Crippen LogP contribution in [0.15, 0.2) is 42.6 Å². The molecule has 1 saturated carbocycles. The molecule has 1 N–H and O–H groups in total. The summed E-state index contributed by atoms with van der Waals surface area (Å²) in [5.74, 6) is 0.314. The lowest BCUT2D eigenvalue weighted by atomic mass is 10.1. The molecular formula is C24H26N6O. The minimum absolute atomic E-state index is 0.110. The molecule has 1 aromatic carbocycles.